The molecule has 0 fully saturated rings. The summed E-state index contributed by atoms with van der Waals surface area (Å²) in [7, 11) is 0. The van der Waals surface area contributed by atoms with Gasteiger partial charge in [-0.1, -0.05) is 43.8 Å². The molecule has 0 radical (unpaired) electrons. The van der Waals surface area contributed by atoms with E-state index >= 15 is 0 Å². The maximum absolute atomic E-state index is 12.0. The number of carbonyl (C=O) groups excluding carboxylic acids is 1. The fourth-order valence-corrected chi connectivity index (χ4v) is 3.39. The second kappa shape index (κ2) is 7.63. The van der Waals surface area contributed by atoms with Crippen LogP contribution in [0.25, 0.3) is 10.7 Å². The predicted molar refractivity (Wildman–Crippen MR) is 99.6 cm³/mol. The smallest absolute Gasteiger partial charge is 0.234 e. The summed E-state index contributed by atoms with van der Waals surface area (Å²) < 4.78 is 0. The third kappa shape index (κ3) is 4.24. The number of nitrogens with zero attached hydrogens (tertiary/aromatic N) is 2. The van der Waals surface area contributed by atoms with Gasteiger partial charge in [0, 0.05) is 5.69 Å². The van der Waals surface area contributed by atoms with Crippen LogP contribution in [0.5, 0.6) is 0 Å². The van der Waals surface area contributed by atoms with E-state index in [9.17, 15) is 4.79 Å². The zero-order valence-corrected chi connectivity index (χ0v) is 15.1. The number of thioether (sulfide) groups is 1. The zero-order chi connectivity index (χ0) is 16.9. The van der Waals surface area contributed by atoms with E-state index in [0.717, 1.165) is 16.4 Å². The Morgan fingerprint density at radius 1 is 1.25 bits per heavy atom. The van der Waals surface area contributed by atoms with Crippen molar-refractivity contribution in [3.63, 3.8) is 0 Å². The predicted octanol–water partition coefficient (Wildman–Crippen LogP) is 4.39. The van der Waals surface area contributed by atoms with E-state index in [0.29, 0.717) is 11.1 Å². The summed E-state index contributed by atoms with van der Waals surface area (Å²) in [5, 5.41) is 13.7. The van der Waals surface area contributed by atoms with Gasteiger partial charge in [-0.05, 0) is 35.1 Å². The van der Waals surface area contributed by atoms with Crippen molar-refractivity contribution in [2.45, 2.75) is 24.9 Å². The largest absolute Gasteiger partial charge is 0.325 e. The van der Waals surface area contributed by atoms with Gasteiger partial charge >= 0.3 is 0 Å². The Bertz CT molecular complexity index is 794. The van der Waals surface area contributed by atoms with Crippen LogP contribution in [0.2, 0.25) is 0 Å². The van der Waals surface area contributed by atoms with Crippen LogP contribution in [0.3, 0.4) is 0 Å². The first kappa shape index (κ1) is 16.7. The number of hydrogen-bond donors (Lipinski definition) is 2. The van der Waals surface area contributed by atoms with Crippen LogP contribution in [-0.4, -0.2) is 26.8 Å². The average Bonchev–Trinajstić information content (AvgIpc) is 3.25. The van der Waals surface area contributed by atoms with Gasteiger partial charge in [0.15, 0.2) is 11.0 Å². The van der Waals surface area contributed by atoms with Gasteiger partial charge in [-0.2, -0.15) is 0 Å². The number of hydrogen-bond acceptors (Lipinski definition) is 5. The highest BCUT2D eigenvalue weighted by Gasteiger charge is 2.09. The molecule has 3 aromatic rings. The van der Waals surface area contributed by atoms with E-state index in [2.05, 4.69) is 34.3 Å². The number of anilines is 1. The van der Waals surface area contributed by atoms with Crippen molar-refractivity contribution < 1.29 is 4.79 Å². The summed E-state index contributed by atoms with van der Waals surface area (Å²) in [6, 6.07) is 11.9. The molecule has 0 unspecified atom stereocenters. The summed E-state index contributed by atoms with van der Waals surface area (Å²) in [6.45, 7) is 4.29. The summed E-state index contributed by atoms with van der Waals surface area (Å²) in [6.07, 6.45) is 0. The first-order valence-corrected chi connectivity index (χ1v) is 9.47. The number of nitrogens with one attached hydrogen (secondary N) is 2. The van der Waals surface area contributed by atoms with Crippen molar-refractivity contribution in [1.29, 1.82) is 0 Å². The number of carbonyl (C=O) groups is 1. The molecule has 0 saturated heterocycles. The minimum Gasteiger partial charge on any atom is -0.325 e. The molecule has 124 valence electrons. The van der Waals surface area contributed by atoms with Crippen molar-refractivity contribution in [2.75, 3.05) is 11.1 Å². The molecule has 24 heavy (non-hydrogen) atoms. The lowest BCUT2D eigenvalue weighted by Gasteiger charge is -2.08. The van der Waals surface area contributed by atoms with E-state index < -0.39 is 0 Å². The van der Waals surface area contributed by atoms with Crippen LogP contribution in [-0.2, 0) is 4.79 Å². The fourth-order valence-electron chi connectivity index (χ4n) is 2.12. The van der Waals surface area contributed by atoms with Crippen molar-refractivity contribution in [2.24, 2.45) is 0 Å². The van der Waals surface area contributed by atoms with E-state index in [-0.39, 0.29) is 11.7 Å². The number of benzene rings is 1. The number of aromatic nitrogens is 3. The molecule has 5 nitrogen and oxygen atoms in total. The second-order valence-corrected chi connectivity index (χ2v) is 7.48. The number of rotatable bonds is 6. The highest BCUT2D eigenvalue weighted by molar-refractivity contribution is 7.99. The van der Waals surface area contributed by atoms with Crippen molar-refractivity contribution in [3.8, 4) is 10.7 Å². The topological polar surface area (TPSA) is 70.7 Å². The Balaban J connectivity index is 1.52. The fraction of sp³-hybridized carbons (Fsp3) is 0.235. The van der Waals surface area contributed by atoms with Crippen LogP contribution in [0.4, 0.5) is 5.69 Å². The van der Waals surface area contributed by atoms with Crippen LogP contribution in [0.1, 0.15) is 25.3 Å². The van der Waals surface area contributed by atoms with Crippen LogP contribution < -0.4 is 5.32 Å². The second-order valence-electron chi connectivity index (χ2n) is 5.57. The van der Waals surface area contributed by atoms with Gasteiger partial charge in [-0.15, -0.1) is 21.5 Å². The Hall–Kier alpha value is -2.12. The molecule has 1 aromatic carbocycles. The maximum Gasteiger partial charge on any atom is 0.234 e. The molecule has 3 rings (SSSR count). The number of amides is 1. The average molecular weight is 358 g/mol. The quantitative estimate of drug-likeness (QED) is 0.641. The minimum absolute atomic E-state index is 0.0635. The highest BCUT2D eigenvalue weighted by Crippen LogP contribution is 2.23. The van der Waals surface area contributed by atoms with Crippen molar-refractivity contribution in [3.05, 3.63) is 47.3 Å². The molecule has 0 aliphatic heterocycles. The lowest BCUT2D eigenvalue weighted by atomic mass is 10.0. The zero-order valence-electron chi connectivity index (χ0n) is 13.4. The molecule has 0 aliphatic carbocycles. The van der Waals surface area contributed by atoms with Gasteiger partial charge in [0.25, 0.3) is 0 Å². The van der Waals surface area contributed by atoms with Gasteiger partial charge in [0.05, 0.1) is 10.6 Å². The Labute approximate surface area is 148 Å². The third-order valence-electron chi connectivity index (χ3n) is 3.42. The van der Waals surface area contributed by atoms with Gasteiger partial charge < -0.3 is 10.3 Å². The lowest BCUT2D eigenvalue weighted by molar-refractivity contribution is -0.113. The molecule has 0 atom stereocenters. The van der Waals surface area contributed by atoms with Crippen LogP contribution in [0, 0.1) is 0 Å². The Morgan fingerprint density at radius 3 is 2.71 bits per heavy atom. The molecule has 0 bridgehead atoms. The summed E-state index contributed by atoms with van der Waals surface area (Å²) in [5.41, 5.74) is 2.06. The Morgan fingerprint density at radius 2 is 2.04 bits per heavy atom. The molecule has 0 saturated carbocycles. The third-order valence-corrected chi connectivity index (χ3v) is 5.16. The van der Waals surface area contributed by atoms with Gasteiger partial charge in [0.1, 0.15) is 0 Å². The monoisotopic (exact) mass is 358 g/mol. The van der Waals surface area contributed by atoms with E-state index in [1.165, 1.54) is 17.3 Å². The first-order valence-electron chi connectivity index (χ1n) is 7.61. The molecule has 7 heteroatoms. The van der Waals surface area contributed by atoms with E-state index in [4.69, 9.17) is 0 Å². The molecule has 1 amide bonds. The SMILES string of the molecule is CC(C)c1ccc(NC(=O)CSc2nnc(-c3cccs3)[nH]2)cc1. The first-order chi connectivity index (χ1) is 11.6. The summed E-state index contributed by atoms with van der Waals surface area (Å²) in [5.74, 6) is 1.43. The number of H-pyrrole nitrogens is 1. The highest BCUT2D eigenvalue weighted by atomic mass is 32.2. The van der Waals surface area contributed by atoms with Crippen molar-refractivity contribution >= 4 is 34.7 Å². The lowest BCUT2D eigenvalue weighted by Crippen LogP contribution is -2.14. The normalized spacial score (nSPS) is 11.0. The molecule has 2 aromatic heterocycles. The molecule has 2 heterocycles. The van der Waals surface area contributed by atoms with Gasteiger partial charge in [-0.3, -0.25) is 4.79 Å². The van der Waals surface area contributed by atoms with Crippen molar-refractivity contribution in [1.82, 2.24) is 15.2 Å². The number of thiophene rings is 1. The molecule has 0 aliphatic rings. The van der Waals surface area contributed by atoms with Gasteiger partial charge in [0.2, 0.25) is 5.91 Å². The summed E-state index contributed by atoms with van der Waals surface area (Å²) >= 11 is 2.93. The van der Waals surface area contributed by atoms with Crippen LogP contribution in [0.15, 0.2) is 46.9 Å². The number of aromatic amines is 1. The molecular formula is C17H18N4OS2. The minimum atomic E-state index is -0.0635. The Kier molecular flexibility index (Phi) is 5.32. The van der Waals surface area contributed by atoms with Crippen LogP contribution >= 0.6 is 23.1 Å². The molecular weight excluding hydrogens is 340 g/mol. The molecule has 2 N–H and O–H groups in total. The molecule has 0 spiro atoms. The van der Waals surface area contributed by atoms with Gasteiger partial charge in [-0.25, -0.2) is 0 Å². The van der Waals surface area contributed by atoms with E-state index in [1.54, 1.807) is 11.3 Å². The summed E-state index contributed by atoms with van der Waals surface area (Å²) in [4.78, 5) is 16.2. The maximum atomic E-state index is 12.0. The standard InChI is InChI=1S/C17H18N4OS2/c1-11(2)12-5-7-13(8-6-12)18-15(22)10-24-17-19-16(20-21-17)14-4-3-9-23-14/h3-9,11H,10H2,1-2H3,(H,18,22)(H,19,20,21). The van der Waals surface area contributed by atoms with E-state index in [1.807, 2.05) is 41.8 Å².